The first kappa shape index (κ1) is 12.9. The number of aromatic nitrogens is 1. The highest BCUT2D eigenvalue weighted by atomic mass is 127. The fraction of sp³-hybridized carbons (Fsp3) is 0.545. The molecule has 0 fully saturated rings. The van der Waals surface area contributed by atoms with Crippen LogP contribution in [0.15, 0.2) is 24.5 Å². The standard InChI is InChI=1S/C11H17IN2O/c1-13-10(5-2-6-12)11(15)9-4-3-7-14-8-9/h3-4,7-8,10-11,13,15H,2,5-6H2,1H3/t10?,11-/m0/s1. The molecule has 0 aliphatic carbocycles. The largest absolute Gasteiger partial charge is 0.387 e. The van der Waals surface area contributed by atoms with Crippen molar-refractivity contribution in [3.05, 3.63) is 30.1 Å². The van der Waals surface area contributed by atoms with Crippen LogP contribution in [-0.4, -0.2) is 27.6 Å². The molecule has 84 valence electrons. The number of alkyl halides is 1. The van der Waals surface area contributed by atoms with E-state index in [4.69, 9.17) is 0 Å². The van der Waals surface area contributed by atoms with Crippen LogP contribution in [0.5, 0.6) is 0 Å². The Bertz CT molecular complexity index is 269. The molecule has 1 aromatic rings. The molecule has 2 N–H and O–H groups in total. The van der Waals surface area contributed by atoms with Gasteiger partial charge >= 0.3 is 0 Å². The van der Waals surface area contributed by atoms with Gasteiger partial charge in [-0.15, -0.1) is 0 Å². The zero-order valence-electron chi connectivity index (χ0n) is 8.86. The highest BCUT2D eigenvalue weighted by Gasteiger charge is 2.18. The Balaban J connectivity index is 2.60. The van der Waals surface area contributed by atoms with Gasteiger partial charge in [-0.25, -0.2) is 0 Å². The van der Waals surface area contributed by atoms with Crippen molar-refractivity contribution in [2.45, 2.75) is 25.0 Å². The van der Waals surface area contributed by atoms with Crippen molar-refractivity contribution in [1.29, 1.82) is 0 Å². The van der Waals surface area contributed by atoms with Crippen molar-refractivity contribution >= 4 is 22.6 Å². The van der Waals surface area contributed by atoms with Crippen LogP contribution in [0.3, 0.4) is 0 Å². The van der Waals surface area contributed by atoms with E-state index in [1.54, 1.807) is 12.4 Å². The molecule has 0 aliphatic heterocycles. The summed E-state index contributed by atoms with van der Waals surface area (Å²) < 4.78 is 1.12. The number of hydrogen-bond donors (Lipinski definition) is 2. The van der Waals surface area contributed by atoms with Gasteiger partial charge in [0.15, 0.2) is 0 Å². The normalized spacial score (nSPS) is 14.9. The van der Waals surface area contributed by atoms with Crippen LogP contribution < -0.4 is 5.32 Å². The third kappa shape index (κ3) is 4.04. The average molecular weight is 320 g/mol. The van der Waals surface area contributed by atoms with Crippen molar-refractivity contribution < 1.29 is 5.11 Å². The number of aliphatic hydroxyl groups excluding tert-OH is 1. The van der Waals surface area contributed by atoms with E-state index in [0.717, 1.165) is 22.8 Å². The van der Waals surface area contributed by atoms with Gasteiger partial charge in [0, 0.05) is 24.0 Å². The first-order valence-electron chi connectivity index (χ1n) is 5.10. The van der Waals surface area contributed by atoms with Gasteiger partial charge in [-0.1, -0.05) is 28.7 Å². The minimum Gasteiger partial charge on any atom is -0.387 e. The zero-order valence-corrected chi connectivity index (χ0v) is 11.0. The SMILES string of the molecule is CNC(CCCI)[C@@H](O)c1cccnc1. The third-order valence-electron chi connectivity index (χ3n) is 2.43. The molecule has 0 aliphatic rings. The summed E-state index contributed by atoms with van der Waals surface area (Å²) in [5.74, 6) is 0. The monoisotopic (exact) mass is 320 g/mol. The first-order valence-corrected chi connectivity index (χ1v) is 6.63. The summed E-state index contributed by atoms with van der Waals surface area (Å²) in [6.07, 6.45) is 5.07. The Kier molecular flexibility index (Phi) is 6.12. The fourth-order valence-electron chi connectivity index (χ4n) is 1.54. The van der Waals surface area contributed by atoms with Crippen molar-refractivity contribution in [1.82, 2.24) is 10.3 Å². The zero-order chi connectivity index (χ0) is 11.1. The van der Waals surface area contributed by atoms with Crippen LogP contribution in [0.2, 0.25) is 0 Å². The van der Waals surface area contributed by atoms with Gasteiger partial charge < -0.3 is 10.4 Å². The van der Waals surface area contributed by atoms with Gasteiger partial charge in [-0.05, 0) is 30.4 Å². The lowest BCUT2D eigenvalue weighted by molar-refractivity contribution is 0.127. The predicted octanol–water partition coefficient (Wildman–Crippen LogP) is 1.92. The summed E-state index contributed by atoms with van der Waals surface area (Å²) in [6, 6.07) is 3.87. The van der Waals surface area contributed by atoms with Gasteiger partial charge in [0.25, 0.3) is 0 Å². The number of aliphatic hydroxyl groups is 1. The van der Waals surface area contributed by atoms with Crippen molar-refractivity contribution in [3.63, 3.8) is 0 Å². The summed E-state index contributed by atoms with van der Waals surface area (Å²) in [6.45, 7) is 0. The molecule has 4 heteroatoms. The lowest BCUT2D eigenvalue weighted by Gasteiger charge is -2.22. The minimum absolute atomic E-state index is 0.115. The molecule has 0 saturated carbocycles. The number of halogens is 1. The van der Waals surface area contributed by atoms with Gasteiger partial charge in [0.05, 0.1) is 6.10 Å². The Morgan fingerprint density at radius 3 is 2.93 bits per heavy atom. The number of hydrogen-bond acceptors (Lipinski definition) is 3. The van der Waals surface area contributed by atoms with Crippen LogP contribution in [0.25, 0.3) is 0 Å². The van der Waals surface area contributed by atoms with Gasteiger partial charge in [0.2, 0.25) is 0 Å². The molecular formula is C11H17IN2O. The maximum absolute atomic E-state index is 10.1. The fourth-order valence-corrected chi connectivity index (χ4v) is 1.98. The van der Waals surface area contributed by atoms with E-state index in [-0.39, 0.29) is 6.04 Å². The maximum atomic E-state index is 10.1. The smallest absolute Gasteiger partial charge is 0.0957 e. The highest BCUT2D eigenvalue weighted by Crippen LogP contribution is 2.18. The Morgan fingerprint density at radius 2 is 2.40 bits per heavy atom. The van der Waals surface area contributed by atoms with Crippen molar-refractivity contribution in [3.8, 4) is 0 Å². The summed E-state index contributed by atoms with van der Waals surface area (Å²) >= 11 is 2.35. The molecular weight excluding hydrogens is 303 g/mol. The summed E-state index contributed by atoms with van der Waals surface area (Å²) in [5, 5.41) is 13.3. The van der Waals surface area contributed by atoms with Crippen LogP contribution >= 0.6 is 22.6 Å². The quantitative estimate of drug-likeness (QED) is 0.622. The lowest BCUT2D eigenvalue weighted by atomic mass is 10.0. The molecule has 1 heterocycles. The van der Waals surface area contributed by atoms with Gasteiger partial charge in [-0.2, -0.15) is 0 Å². The molecule has 0 saturated heterocycles. The van der Waals surface area contributed by atoms with Crippen LogP contribution in [0.1, 0.15) is 24.5 Å². The minimum atomic E-state index is -0.466. The molecule has 1 aromatic heterocycles. The molecule has 1 rings (SSSR count). The van der Waals surface area contributed by atoms with Crippen molar-refractivity contribution in [2.24, 2.45) is 0 Å². The second-order valence-corrected chi connectivity index (χ2v) is 4.54. The molecule has 15 heavy (non-hydrogen) atoms. The van der Waals surface area contributed by atoms with E-state index >= 15 is 0 Å². The van der Waals surface area contributed by atoms with E-state index in [2.05, 4.69) is 32.9 Å². The maximum Gasteiger partial charge on any atom is 0.0957 e. The van der Waals surface area contributed by atoms with Gasteiger partial charge in [0.1, 0.15) is 0 Å². The number of nitrogens with zero attached hydrogens (tertiary/aromatic N) is 1. The highest BCUT2D eigenvalue weighted by molar-refractivity contribution is 14.1. The summed E-state index contributed by atoms with van der Waals surface area (Å²) in [5.41, 5.74) is 0.880. The van der Waals surface area contributed by atoms with E-state index in [0.29, 0.717) is 0 Å². The molecule has 1 unspecified atom stereocenters. The average Bonchev–Trinajstić information content (AvgIpc) is 2.31. The number of nitrogens with one attached hydrogen (secondary N) is 1. The Labute approximate surface area is 104 Å². The predicted molar refractivity (Wildman–Crippen MR) is 70.2 cm³/mol. The second kappa shape index (κ2) is 7.14. The van der Waals surface area contributed by atoms with Crippen LogP contribution in [-0.2, 0) is 0 Å². The van der Waals surface area contributed by atoms with Gasteiger partial charge in [-0.3, -0.25) is 4.98 Å². The number of likely N-dealkylation sites (N-methyl/N-ethyl adjacent to an activating group) is 1. The molecule has 0 spiro atoms. The Hall–Kier alpha value is -0.200. The topological polar surface area (TPSA) is 45.1 Å². The molecule has 3 nitrogen and oxygen atoms in total. The number of rotatable bonds is 6. The summed E-state index contributed by atoms with van der Waals surface area (Å²) in [4.78, 5) is 4.01. The van der Waals surface area contributed by atoms with Crippen molar-refractivity contribution in [2.75, 3.05) is 11.5 Å². The van der Waals surface area contributed by atoms with Crippen LogP contribution in [0, 0.1) is 0 Å². The molecule has 0 aromatic carbocycles. The molecule has 0 radical (unpaired) electrons. The van der Waals surface area contributed by atoms with E-state index in [1.165, 1.54) is 0 Å². The number of pyridine rings is 1. The molecule has 0 bridgehead atoms. The van der Waals surface area contributed by atoms with E-state index in [9.17, 15) is 5.11 Å². The lowest BCUT2D eigenvalue weighted by Crippen LogP contribution is -2.32. The van der Waals surface area contributed by atoms with E-state index < -0.39 is 6.10 Å². The third-order valence-corrected chi connectivity index (χ3v) is 3.19. The summed E-state index contributed by atoms with van der Waals surface area (Å²) in [7, 11) is 1.89. The molecule has 2 atom stereocenters. The van der Waals surface area contributed by atoms with Crippen LogP contribution in [0.4, 0.5) is 0 Å². The second-order valence-electron chi connectivity index (χ2n) is 3.46. The Morgan fingerprint density at radius 1 is 1.60 bits per heavy atom. The molecule has 0 amide bonds. The first-order chi connectivity index (χ1) is 7.29. The van der Waals surface area contributed by atoms with E-state index in [1.807, 2.05) is 19.2 Å².